The van der Waals surface area contributed by atoms with Crippen molar-refractivity contribution in [2.24, 2.45) is 0 Å². The first-order chi connectivity index (χ1) is 15.7. The van der Waals surface area contributed by atoms with Crippen molar-refractivity contribution < 1.29 is 9.53 Å². The van der Waals surface area contributed by atoms with E-state index in [9.17, 15) is 4.79 Å². The third-order valence-electron chi connectivity index (χ3n) is 5.57. The van der Waals surface area contributed by atoms with E-state index in [0.717, 1.165) is 46.7 Å². The lowest BCUT2D eigenvalue weighted by molar-refractivity contribution is 0.0944. The SMILES string of the molecule is Nc1nc(Nc2ccc(OCCN3CCCC3)cc2)nn1C(=O)c1cc2ccccc2[nH]1. The van der Waals surface area contributed by atoms with Crippen molar-refractivity contribution in [2.75, 3.05) is 37.3 Å². The summed E-state index contributed by atoms with van der Waals surface area (Å²) in [4.78, 5) is 22.5. The minimum atomic E-state index is -0.374. The molecule has 2 aromatic heterocycles. The number of likely N-dealkylation sites (tertiary alicyclic amines) is 1. The maximum Gasteiger partial charge on any atom is 0.297 e. The third-order valence-corrected chi connectivity index (χ3v) is 5.57. The van der Waals surface area contributed by atoms with Crippen LogP contribution >= 0.6 is 0 Å². The molecule has 1 aliphatic rings. The highest BCUT2D eigenvalue weighted by Gasteiger charge is 2.18. The van der Waals surface area contributed by atoms with Gasteiger partial charge in [0.2, 0.25) is 11.9 Å². The molecule has 0 aliphatic carbocycles. The standard InChI is InChI=1S/C23H25N7O2/c24-22-27-23(28-30(22)21(31)20-15-16-5-1-2-6-19(16)26-20)25-17-7-9-18(10-8-17)32-14-13-29-11-3-4-12-29/h1-2,5-10,15,26H,3-4,11-14H2,(H3,24,25,27,28). The molecule has 1 aliphatic heterocycles. The smallest absolute Gasteiger partial charge is 0.297 e. The molecule has 4 N–H and O–H groups in total. The zero-order valence-corrected chi connectivity index (χ0v) is 17.6. The molecule has 1 saturated heterocycles. The van der Waals surface area contributed by atoms with Gasteiger partial charge in [-0.15, -0.1) is 5.10 Å². The number of H-pyrrole nitrogens is 1. The van der Waals surface area contributed by atoms with Crippen molar-refractivity contribution in [3.8, 4) is 5.75 Å². The number of aromatic amines is 1. The number of hydrogen-bond donors (Lipinski definition) is 3. The predicted molar refractivity (Wildman–Crippen MR) is 123 cm³/mol. The number of nitrogens with two attached hydrogens (primary N) is 1. The average Bonchev–Trinajstić information content (AvgIpc) is 3.54. The topological polar surface area (TPSA) is 114 Å². The van der Waals surface area contributed by atoms with Gasteiger partial charge in [-0.2, -0.15) is 9.67 Å². The van der Waals surface area contributed by atoms with Crippen LogP contribution in [0.25, 0.3) is 10.9 Å². The molecular formula is C23H25N7O2. The summed E-state index contributed by atoms with van der Waals surface area (Å²) in [5.41, 5.74) is 7.98. The number of aromatic nitrogens is 4. The van der Waals surface area contributed by atoms with E-state index in [2.05, 4.69) is 25.3 Å². The Labute approximate surface area is 185 Å². The van der Waals surface area contributed by atoms with E-state index in [1.54, 1.807) is 6.07 Å². The number of anilines is 3. The summed E-state index contributed by atoms with van der Waals surface area (Å²) >= 11 is 0. The molecular weight excluding hydrogens is 406 g/mol. The van der Waals surface area contributed by atoms with E-state index in [1.807, 2.05) is 48.5 Å². The lowest BCUT2D eigenvalue weighted by Crippen LogP contribution is -2.25. The van der Waals surface area contributed by atoms with Crippen molar-refractivity contribution in [1.82, 2.24) is 24.6 Å². The lowest BCUT2D eigenvalue weighted by Gasteiger charge is -2.15. The number of nitrogen functional groups attached to an aromatic ring is 1. The Morgan fingerprint density at radius 2 is 1.91 bits per heavy atom. The molecule has 2 aromatic carbocycles. The van der Waals surface area contributed by atoms with Crippen LogP contribution in [0.5, 0.6) is 5.75 Å². The quantitative estimate of drug-likeness (QED) is 0.411. The van der Waals surface area contributed by atoms with Crippen LogP contribution in [0.4, 0.5) is 17.6 Å². The lowest BCUT2D eigenvalue weighted by atomic mass is 10.2. The molecule has 1 fully saturated rings. The summed E-state index contributed by atoms with van der Waals surface area (Å²) in [6.45, 7) is 3.95. The van der Waals surface area contributed by atoms with Crippen molar-refractivity contribution in [1.29, 1.82) is 0 Å². The molecule has 32 heavy (non-hydrogen) atoms. The second kappa shape index (κ2) is 8.72. The molecule has 9 nitrogen and oxygen atoms in total. The maximum atomic E-state index is 12.8. The number of ether oxygens (including phenoxy) is 1. The van der Waals surface area contributed by atoms with Crippen molar-refractivity contribution >= 4 is 34.4 Å². The van der Waals surface area contributed by atoms with E-state index < -0.39 is 0 Å². The number of rotatable bonds is 7. The van der Waals surface area contributed by atoms with Gasteiger partial charge in [-0.3, -0.25) is 9.69 Å². The molecule has 0 radical (unpaired) electrons. The van der Waals surface area contributed by atoms with Gasteiger partial charge in [0.05, 0.1) is 0 Å². The number of benzene rings is 2. The van der Waals surface area contributed by atoms with Crippen LogP contribution in [0.15, 0.2) is 54.6 Å². The molecule has 3 heterocycles. The molecule has 0 saturated carbocycles. The predicted octanol–water partition coefficient (Wildman–Crippen LogP) is 3.25. The minimum absolute atomic E-state index is 0.0121. The Bertz CT molecular complexity index is 1190. The Morgan fingerprint density at radius 1 is 1.12 bits per heavy atom. The van der Waals surface area contributed by atoms with Gasteiger partial charge in [0, 0.05) is 23.1 Å². The van der Waals surface area contributed by atoms with Crippen LogP contribution in [-0.4, -0.2) is 56.8 Å². The van der Waals surface area contributed by atoms with Crippen molar-refractivity contribution in [3.05, 3.63) is 60.3 Å². The molecule has 4 aromatic rings. The number of carbonyl (C=O) groups excluding carboxylic acids is 1. The minimum Gasteiger partial charge on any atom is -0.492 e. The van der Waals surface area contributed by atoms with Crippen molar-refractivity contribution in [3.63, 3.8) is 0 Å². The number of nitrogens with one attached hydrogen (secondary N) is 2. The molecule has 0 bridgehead atoms. The zero-order valence-electron chi connectivity index (χ0n) is 17.6. The van der Waals surface area contributed by atoms with Crippen LogP contribution in [0.1, 0.15) is 23.3 Å². The summed E-state index contributed by atoms with van der Waals surface area (Å²) in [6.07, 6.45) is 2.56. The molecule has 9 heteroatoms. The van der Waals surface area contributed by atoms with Crippen LogP contribution in [0.2, 0.25) is 0 Å². The molecule has 0 unspecified atom stereocenters. The normalized spacial score (nSPS) is 14.1. The molecule has 5 rings (SSSR count). The van der Waals surface area contributed by atoms with Gasteiger partial charge < -0.3 is 20.8 Å². The van der Waals surface area contributed by atoms with E-state index >= 15 is 0 Å². The number of nitrogens with zero attached hydrogens (tertiary/aromatic N) is 4. The fourth-order valence-electron chi connectivity index (χ4n) is 3.89. The Kier molecular flexibility index (Phi) is 5.47. The van der Waals surface area contributed by atoms with Gasteiger partial charge in [-0.25, -0.2) is 0 Å². The second-order valence-corrected chi connectivity index (χ2v) is 7.83. The van der Waals surface area contributed by atoms with Crippen LogP contribution in [0, 0.1) is 0 Å². The third kappa shape index (κ3) is 4.28. The first-order valence-corrected chi connectivity index (χ1v) is 10.7. The number of fused-ring (bicyclic) bond motifs is 1. The average molecular weight is 432 g/mol. The largest absolute Gasteiger partial charge is 0.492 e. The summed E-state index contributed by atoms with van der Waals surface area (Å²) in [5.74, 6) is 0.690. The van der Waals surface area contributed by atoms with E-state index in [0.29, 0.717) is 12.3 Å². The maximum absolute atomic E-state index is 12.8. The molecule has 164 valence electrons. The van der Waals surface area contributed by atoms with E-state index in [-0.39, 0.29) is 17.8 Å². The van der Waals surface area contributed by atoms with Crippen LogP contribution in [0.3, 0.4) is 0 Å². The van der Waals surface area contributed by atoms with Gasteiger partial charge >= 0.3 is 0 Å². The summed E-state index contributed by atoms with van der Waals surface area (Å²) in [6, 6.07) is 17.0. The number of carbonyl (C=O) groups is 1. The van der Waals surface area contributed by atoms with Gasteiger partial charge in [0.1, 0.15) is 18.1 Å². The highest BCUT2D eigenvalue weighted by Crippen LogP contribution is 2.20. The van der Waals surface area contributed by atoms with Gasteiger partial charge in [-0.1, -0.05) is 18.2 Å². The van der Waals surface area contributed by atoms with E-state index in [1.165, 1.54) is 12.8 Å². The summed E-state index contributed by atoms with van der Waals surface area (Å²) < 4.78 is 6.92. The summed E-state index contributed by atoms with van der Waals surface area (Å²) in [5, 5.41) is 8.25. The second-order valence-electron chi connectivity index (χ2n) is 7.83. The Balaban J connectivity index is 1.22. The number of hydrogen-bond acceptors (Lipinski definition) is 7. The molecule has 0 amide bonds. The highest BCUT2D eigenvalue weighted by molar-refractivity contribution is 5.99. The first kappa shape index (κ1) is 20.1. The molecule has 0 atom stereocenters. The Morgan fingerprint density at radius 3 is 2.69 bits per heavy atom. The monoisotopic (exact) mass is 431 g/mol. The van der Waals surface area contributed by atoms with Crippen molar-refractivity contribution in [2.45, 2.75) is 12.8 Å². The van der Waals surface area contributed by atoms with Crippen LogP contribution in [-0.2, 0) is 0 Å². The fraction of sp³-hybridized carbons (Fsp3) is 0.261. The highest BCUT2D eigenvalue weighted by atomic mass is 16.5. The first-order valence-electron chi connectivity index (χ1n) is 10.7. The number of para-hydroxylation sites is 1. The van der Waals surface area contributed by atoms with Gasteiger partial charge in [0.25, 0.3) is 5.91 Å². The van der Waals surface area contributed by atoms with E-state index in [4.69, 9.17) is 10.5 Å². The van der Waals surface area contributed by atoms with Gasteiger partial charge in [0.15, 0.2) is 0 Å². The Hall–Kier alpha value is -3.85. The van der Waals surface area contributed by atoms with Gasteiger partial charge in [-0.05, 0) is 62.3 Å². The summed E-state index contributed by atoms with van der Waals surface area (Å²) in [7, 11) is 0. The fourth-order valence-corrected chi connectivity index (χ4v) is 3.89. The van der Waals surface area contributed by atoms with Crippen LogP contribution < -0.4 is 15.8 Å². The molecule has 0 spiro atoms. The zero-order chi connectivity index (χ0) is 21.9.